The van der Waals surface area contributed by atoms with E-state index in [1.807, 2.05) is 18.2 Å². The Morgan fingerprint density at radius 1 is 0.967 bits per heavy atom. The number of amides is 1. The molecule has 3 aromatic carbocycles. The van der Waals surface area contributed by atoms with Crippen LogP contribution < -0.4 is 10.2 Å². The number of rotatable bonds is 7. The summed E-state index contributed by atoms with van der Waals surface area (Å²) in [5.41, 5.74) is 6.61. The van der Waals surface area contributed by atoms with Crippen molar-refractivity contribution in [1.29, 1.82) is 0 Å². The van der Waals surface area contributed by atoms with Gasteiger partial charge in [-0.25, -0.2) is 0 Å². The highest BCUT2D eigenvalue weighted by atomic mass is 32.2. The summed E-state index contributed by atoms with van der Waals surface area (Å²) < 4.78 is 11.4. The van der Waals surface area contributed by atoms with Crippen LogP contribution in [0.1, 0.15) is 32.6 Å². The van der Waals surface area contributed by atoms with E-state index >= 15 is 0 Å². The maximum absolute atomic E-state index is 12.5. The van der Waals surface area contributed by atoms with Gasteiger partial charge in [0.2, 0.25) is 0 Å². The van der Waals surface area contributed by atoms with Crippen LogP contribution in [-0.4, -0.2) is 22.9 Å². The topological polar surface area (TPSA) is 49.4 Å². The predicted octanol–water partition coefficient (Wildman–Crippen LogP) is 4.06. The number of anilines is 1. The van der Waals surface area contributed by atoms with Crippen molar-refractivity contribution in [2.45, 2.75) is 25.3 Å². The lowest BCUT2D eigenvalue weighted by molar-refractivity contribution is 0.0951. The van der Waals surface area contributed by atoms with E-state index < -0.39 is 10.8 Å². The van der Waals surface area contributed by atoms with Gasteiger partial charge in [-0.05, 0) is 46.9 Å². The third-order valence-corrected chi connectivity index (χ3v) is 6.13. The van der Waals surface area contributed by atoms with Gasteiger partial charge in [-0.1, -0.05) is 54.6 Å². The number of para-hydroxylation sites is 1. The van der Waals surface area contributed by atoms with Crippen molar-refractivity contribution in [3.05, 3.63) is 101 Å². The number of carbonyl (C=O) groups is 1. The molecule has 1 N–H and O–H groups in total. The van der Waals surface area contributed by atoms with Crippen molar-refractivity contribution in [3.63, 3.8) is 0 Å². The second-order valence-corrected chi connectivity index (χ2v) is 9.15. The molecule has 0 bridgehead atoms. The van der Waals surface area contributed by atoms with Gasteiger partial charge in [0.1, 0.15) is 0 Å². The zero-order valence-corrected chi connectivity index (χ0v) is 18.0. The van der Waals surface area contributed by atoms with Crippen LogP contribution in [0.2, 0.25) is 0 Å². The molecule has 0 spiro atoms. The van der Waals surface area contributed by atoms with Gasteiger partial charge in [-0.3, -0.25) is 9.00 Å². The molecule has 0 fully saturated rings. The Balaban J connectivity index is 1.33. The number of hydrogen-bond acceptors (Lipinski definition) is 3. The van der Waals surface area contributed by atoms with Gasteiger partial charge < -0.3 is 10.2 Å². The Kier molecular flexibility index (Phi) is 6.29. The second kappa shape index (κ2) is 9.26. The first kappa shape index (κ1) is 20.4. The van der Waals surface area contributed by atoms with E-state index in [2.05, 4.69) is 58.7 Å². The molecule has 0 aromatic heterocycles. The van der Waals surface area contributed by atoms with E-state index in [9.17, 15) is 9.00 Å². The van der Waals surface area contributed by atoms with Gasteiger partial charge in [-0.2, -0.15) is 0 Å². The molecular formula is C25H26N2O2S. The molecule has 0 aliphatic carbocycles. The normalized spacial score (nSPS) is 13.7. The summed E-state index contributed by atoms with van der Waals surface area (Å²) in [5.74, 6) is 0.348. The smallest absolute Gasteiger partial charge is 0.251 e. The monoisotopic (exact) mass is 418 g/mol. The zero-order chi connectivity index (χ0) is 20.9. The number of benzene rings is 3. The Hall–Kier alpha value is -2.92. The SMILES string of the molecule is C[S@](=O)Cc1cccc(C(=O)NCc2ccc(CN3CCc4ccccc43)cc2)c1. The molecule has 0 unspecified atom stereocenters. The first-order valence-corrected chi connectivity index (χ1v) is 11.9. The lowest BCUT2D eigenvalue weighted by Gasteiger charge is -2.19. The van der Waals surface area contributed by atoms with Crippen LogP contribution in [0.5, 0.6) is 0 Å². The lowest BCUT2D eigenvalue weighted by Crippen LogP contribution is -2.23. The number of fused-ring (bicyclic) bond motifs is 1. The molecule has 3 aromatic rings. The average Bonchev–Trinajstić information content (AvgIpc) is 3.16. The highest BCUT2D eigenvalue weighted by Crippen LogP contribution is 2.28. The van der Waals surface area contributed by atoms with E-state index in [4.69, 9.17) is 0 Å². The minimum atomic E-state index is -0.923. The van der Waals surface area contributed by atoms with Crippen molar-refractivity contribution in [3.8, 4) is 0 Å². The largest absolute Gasteiger partial charge is 0.367 e. The molecule has 1 atom stereocenters. The first-order chi connectivity index (χ1) is 14.6. The molecule has 1 amide bonds. The molecule has 5 heteroatoms. The van der Waals surface area contributed by atoms with Crippen LogP contribution in [0, 0.1) is 0 Å². The maximum atomic E-state index is 12.5. The van der Waals surface area contributed by atoms with E-state index in [1.165, 1.54) is 16.8 Å². The van der Waals surface area contributed by atoms with E-state index in [-0.39, 0.29) is 5.91 Å². The molecule has 0 saturated heterocycles. The average molecular weight is 419 g/mol. The second-order valence-electron chi connectivity index (χ2n) is 7.72. The van der Waals surface area contributed by atoms with E-state index in [1.54, 1.807) is 12.3 Å². The molecule has 0 radical (unpaired) electrons. The Morgan fingerprint density at radius 2 is 1.73 bits per heavy atom. The zero-order valence-electron chi connectivity index (χ0n) is 17.1. The molecule has 30 heavy (non-hydrogen) atoms. The summed E-state index contributed by atoms with van der Waals surface area (Å²) in [6.07, 6.45) is 2.77. The van der Waals surface area contributed by atoms with Gasteiger partial charge in [-0.15, -0.1) is 0 Å². The van der Waals surface area contributed by atoms with Gasteiger partial charge in [0.25, 0.3) is 5.91 Å². The summed E-state index contributed by atoms with van der Waals surface area (Å²) in [6, 6.07) is 24.4. The molecule has 4 nitrogen and oxygen atoms in total. The Bertz CT molecular complexity index is 1060. The number of hydrogen-bond donors (Lipinski definition) is 1. The molecule has 1 aliphatic heterocycles. The summed E-state index contributed by atoms with van der Waals surface area (Å²) in [5, 5.41) is 2.98. The third kappa shape index (κ3) is 4.97. The molecule has 1 aliphatic rings. The third-order valence-electron chi connectivity index (χ3n) is 5.39. The summed E-state index contributed by atoms with van der Waals surface area (Å²) in [7, 11) is -0.923. The summed E-state index contributed by atoms with van der Waals surface area (Å²) >= 11 is 0. The lowest BCUT2D eigenvalue weighted by atomic mass is 10.1. The van der Waals surface area contributed by atoms with Crippen molar-refractivity contribution >= 4 is 22.4 Å². The van der Waals surface area contributed by atoms with Gasteiger partial charge >= 0.3 is 0 Å². The molecular weight excluding hydrogens is 392 g/mol. The fraction of sp³-hybridized carbons (Fsp3) is 0.240. The summed E-state index contributed by atoms with van der Waals surface area (Å²) in [4.78, 5) is 14.9. The Labute approximate surface area is 180 Å². The maximum Gasteiger partial charge on any atom is 0.251 e. The van der Waals surface area contributed by atoms with Crippen molar-refractivity contribution in [2.75, 3.05) is 17.7 Å². The van der Waals surface area contributed by atoms with Crippen molar-refractivity contribution in [1.82, 2.24) is 5.32 Å². The van der Waals surface area contributed by atoms with E-state index in [0.29, 0.717) is 17.9 Å². The molecule has 4 rings (SSSR count). The fourth-order valence-corrected chi connectivity index (χ4v) is 4.52. The van der Waals surface area contributed by atoms with Crippen LogP contribution in [0.25, 0.3) is 0 Å². The quantitative estimate of drug-likeness (QED) is 0.630. The van der Waals surface area contributed by atoms with Crippen LogP contribution in [-0.2, 0) is 36.1 Å². The van der Waals surface area contributed by atoms with Crippen LogP contribution in [0.15, 0.2) is 72.8 Å². The van der Waals surface area contributed by atoms with Crippen molar-refractivity contribution in [2.24, 2.45) is 0 Å². The molecule has 0 saturated carbocycles. The Morgan fingerprint density at radius 3 is 2.53 bits per heavy atom. The first-order valence-electron chi connectivity index (χ1n) is 10.2. The minimum Gasteiger partial charge on any atom is -0.367 e. The molecule has 1 heterocycles. The van der Waals surface area contributed by atoms with Gasteiger partial charge in [0.15, 0.2) is 0 Å². The highest BCUT2D eigenvalue weighted by Gasteiger charge is 2.18. The van der Waals surface area contributed by atoms with Crippen molar-refractivity contribution < 1.29 is 9.00 Å². The standard InChI is InChI=1S/C25H26N2O2S/c1-30(29)18-21-5-4-7-23(15-21)25(28)26-16-19-9-11-20(12-10-19)17-27-14-13-22-6-2-3-8-24(22)27/h2-12,15H,13-14,16-18H2,1H3,(H,26,28)/t30-/m0/s1. The highest BCUT2D eigenvalue weighted by molar-refractivity contribution is 7.83. The van der Waals surface area contributed by atoms with E-state index in [0.717, 1.165) is 30.6 Å². The fourth-order valence-electron chi connectivity index (χ4n) is 3.88. The van der Waals surface area contributed by atoms with Crippen LogP contribution >= 0.6 is 0 Å². The van der Waals surface area contributed by atoms with Crippen LogP contribution in [0.3, 0.4) is 0 Å². The van der Waals surface area contributed by atoms with Crippen LogP contribution in [0.4, 0.5) is 5.69 Å². The number of carbonyl (C=O) groups excluding carboxylic acids is 1. The number of nitrogens with zero attached hydrogens (tertiary/aromatic N) is 1. The molecule has 154 valence electrons. The van der Waals surface area contributed by atoms with Gasteiger partial charge in [0, 0.05) is 53.7 Å². The summed E-state index contributed by atoms with van der Waals surface area (Å²) in [6.45, 7) is 2.44. The predicted molar refractivity (Wildman–Crippen MR) is 123 cm³/mol. The number of nitrogens with one attached hydrogen (secondary N) is 1. The van der Waals surface area contributed by atoms with Gasteiger partial charge in [0.05, 0.1) is 0 Å². The minimum absolute atomic E-state index is 0.114.